The Balaban J connectivity index is 1.22. The fourth-order valence-corrected chi connectivity index (χ4v) is 7.61. The van der Waals surface area contributed by atoms with Crippen molar-refractivity contribution in [1.82, 2.24) is 0 Å². The summed E-state index contributed by atoms with van der Waals surface area (Å²) in [5, 5.41) is 0. The average molecular weight is 719 g/mol. The Morgan fingerprint density at radius 1 is 0.232 bits per heavy atom. The number of rotatable bonds is 8. The molecule has 56 heavy (non-hydrogen) atoms. The van der Waals surface area contributed by atoms with E-state index < -0.39 is 0 Å². The lowest BCUT2D eigenvalue weighted by atomic mass is 9.95. The van der Waals surface area contributed by atoms with Crippen molar-refractivity contribution in [2.45, 2.75) is 13.8 Å². The zero-order valence-corrected chi connectivity index (χ0v) is 31.7. The molecule has 9 aromatic rings. The zero-order chi connectivity index (χ0) is 37.8. The van der Waals surface area contributed by atoms with Crippen molar-refractivity contribution >= 4 is 0 Å². The van der Waals surface area contributed by atoms with Gasteiger partial charge in [0.05, 0.1) is 0 Å². The summed E-state index contributed by atoms with van der Waals surface area (Å²) in [5.74, 6) is 0. The minimum absolute atomic E-state index is 1.13. The largest absolute Gasteiger partial charge is 0.219 e. The molecule has 0 saturated carbocycles. The monoisotopic (exact) mass is 718 g/mol. The molecule has 0 amide bonds. The van der Waals surface area contributed by atoms with E-state index in [4.69, 9.17) is 0 Å². The first kappa shape index (κ1) is 34.6. The third-order valence-electron chi connectivity index (χ3n) is 10.5. The van der Waals surface area contributed by atoms with E-state index in [1.807, 2.05) is 0 Å². The summed E-state index contributed by atoms with van der Waals surface area (Å²) in [7, 11) is 0. The van der Waals surface area contributed by atoms with Crippen LogP contribution in [0.1, 0.15) is 11.1 Å². The highest BCUT2D eigenvalue weighted by Gasteiger charge is 2.27. The van der Waals surface area contributed by atoms with Crippen LogP contribution in [0.15, 0.2) is 218 Å². The molecule has 0 aliphatic rings. The van der Waals surface area contributed by atoms with Gasteiger partial charge in [-0.15, -0.1) is 0 Å². The van der Waals surface area contributed by atoms with Crippen LogP contribution >= 0.6 is 0 Å². The van der Waals surface area contributed by atoms with Crippen molar-refractivity contribution in [3.05, 3.63) is 230 Å². The molecule has 0 aliphatic heterocycles. The van der Waals surface area contributed by atoms with Gasteiger partial charge in [-0.3, -0.25) is 0 Å². The molecule has 2 heteroatoms. The van der Waals surface area contributed by atoms with E-state index in [1.165, 1.54) is 11.1 Å². The highest BCUT2D eigenvalue weighted by Crippen LogP contribution is 2.34. The van der Waals surface area contributed by atoms with Gasteiger partial charge in [-0.25, -0.2) is 0 Å². The second-order valence-corrected chi connectivity index (χ2v) is 14.4. The molecule has 0 spiro atoms. The highest BCUT2D eigenvalue weighted by molar-refractivity contribution is 5.79. The molecule has 0 bridgehead atoms. The molecule has 0 saturated heterocycles. The third-order valence-corrected chi connectivity index (χ3v) is 10.5. The molecule has 2 heterocycles. The number of benzene rings is 7. The Labute approximate surface area is 329 Å². The number of hydrogen-bond donors (Lipinski definition) is 0. The lowest BCUT2D eigenvalue weighted by Gasteiger charge is -2.14. The van der Waals surface area contributed by atoms with Crippen molar-refractivity contribution in [3.63, 3.8) is 0 Å². The van der Waals surface area contributed by atoms with Crippen LogP contribution in [0.25, 0.3) is 78.7 Å². The summed E-state index contributed by atoms with van der Waals surface area (Å²) >= 11 is 0. The maximum Gasteiger partial charge on any atom is 0.219 e. The number of aromatic nitrogens is 2. The topological polar surface area (TPSA) is 7.76 Å². The minimum atomic E-state index is 1.13. The van der Waals surface area contributed by atoms with Gasteiger partial charge in [-0.2, -0.15) is 9.13 Å². The second kappa shape index (κ2) is 15.3. The summed E-state index contributed by atoms with van der Waals surface area (Å²) in [6, 6.07) is 79.0. The van der Waals surface area contributed by atoms with Crippen molar-refractivity contribution in [1.29, 1.82) is 0 Å². The van der Waals surface area contributed by atoms with Gasteiger partial charge in [-0.1, -0.05) is 132 Å². The number of pyridine rings is 2. The van der Waals surface area contributed by atoms with E-state index >= 15 is 0 Å². The predicted octanol–water partition coefficient (Wildman–Crippen LogP) is 12.9. The summed E-state index contributed by atoms with van der Waals surface area (Å²) < 4.78 is 4.79. The molecule has 2 aromatic heterocycles. The predicted molar refractivity (Wildman–Crippen MR) is 232 cm³/mol. The summed E-state index contributed by atoms with van der Waals surface area (Å²) in [5.41, 5.74) is 18.6. The Kier molecular flexibility index (Phi) is 9.45. The Bertz CT molecular complexity index is 2420. The fraction of sp³-hybridized carbons (Fsp3) is 0.0370. The van der Waals surface area contributed by atoms with Crippen molar-refractivity contribution in [2.24, 2.45) is 0 Å². The molecule has 9 rings (SSSR count). The second-order valence-electron chi connectivity index (χ2n) is 14.4. The van der Waals surface area contributed by atoms with Crippen molar-refractivity contribution in [3.8, 4) is 78.7 Å². The van der Waals surface area contributed by atoms with Gasteiger partial charge in [0.2, 0.25) is 34.2 Å². The van der Waals surface area contributed by atoms with Crippen LogP contribution in [0.3, 0.4) is 0 Å². The van der Waals surface area contributed by atoms with Gasteiger partial charge in [0, 0.05) is 70.8 Å². The Morgan fingerprint density at radius 2 is 0.482 bits per heavy atom. The fourth-order valence-electron chi connectivity index (χ4n) is 7.61. The van der Waals surface area contributed by atoms with Crippen molar-refractivity contribution in [2.75, 3.05) is 0 Å². The van der Waals surface area contributed by atoms with E-state index in [0.29, 0.717) is 0 Å². The first-order valence-corrected chi connectivity index (χ1v) is 19.3. The van der Waals surface area contributed by atoms with Gasteiger partial charge in [0.15, 0.2) is 0 Å². The molecule has 266 valence electrons. The molecular formula is C54H42N2+2. The normalized spacial score (nSPS) is 11.0. The zero-order valence-electron chi connectivity index (χ0n) is 31.7. The molecule has 7 aromatic carbocycles. The van der Waals surface area contributed by atoms with Gasteiger partial charge in [0.25, 0.3) is 0 Å². The molecule has 0 atom stereocenters. The quantitative estimate of drug-likeness (QED) is 0.138. The summed E-state index contributed by atoms with van der Waals surface area (Å²) in [4.78, 5) is 0. The van der Waals surface area contributed by atoms with E-state index in [9.17, 15) is 0 Å². The van der Waals surface area contributed by atoms with Gasteiger partial charge < -0.3 is 0 Å². The first-order valence-electron chi connectivity index (χ1n) is 19.3. The summed E-state index contributed by atoms with van der Waals surface area (Å²) in [6.07, 6.45) is 0. The Morgan fingerprint density at radius 3 is 0.732 bits per heavy atom. The molecular weight excluding hydrogens is 677 g/mol. The maximum absolute atomic E-state index is 2.39. The van der Waals surface area contributed by atoms with Crippen LogP contribution in [-0.4, -0.2) is 0 Å². The Hall–Kier alpha value is -7.16. The van der Waals surface area contributed by atoms with Crippen LogP contribution in [-0.2, 0) is 0 Å². The molecule has 0 radical (unpaired) electrons. The van der Waals surface area contributed by atoms with Gasteiger partial charge in [0.1, 0.15) is 0 Å². The van der Waals surface area contributed by atoms with E-state index in [2.05, 4.69) is 241 Å². The molecule has 2 nitrogen and oxygen atoms in total. The third kappa shape index (κ3) is 6.97. The average Bonchev–Trinajstić information content (AvgIpc) is 3.27. The SMILES string of the molecule is Cc1ccc(-[n+]2c(-c3ccccc3)cc(-c3ccc(-c4cc(-c5ccccc5)[n+](-c5ccc(C)cc5)c(-c5ccccc5)c4)cc3)cc2-c2ccccc2)cc1. The van der Waals surface area contributed by atoms with Crippen molar-refractivity contribution < 1.29 is 9.13 Å². The van der Waals surface area contributed by atoms with Gasteiger partial charge >= 0.3 is 0 Å². The van der Waals surface area contributed by atoms with Crippen LogP contribution in [0.4, 0.5) is 0 Å². The first-order chi connectivity index (χ1) is 27.6. The number of nitrogens with zero attached hydrogens (tertiary/aromatic N) is 2. The van der Waals surface area contributed by atoms with Crippen LogP contribution in [0.5, 0.6) is 0 Å². The molecule has 0 unspecified atom stereocenters. The molecule has 0 N–H and O–H groups in total. The van der Waals surface area contributed by atoms with Crippen LogP contribution in [0, 0.1) is 13.8 Å². The number of aryl methyl sites for hydroxylation is 2. The maximum atomic E-state index is 2.39. The van der Waals surface area contributed by atoms with E-state index in [0.717, 1.165) is 78.7 Å². The van der Waals surface area contributed by atoms with E-state index in [-0.39, 0.29) is 0 Å². The van der Waals surface area contributed by atoms with Gasteiger partial charge in [-0.05, 0) is 84.6 Å². The smallest absolute Gasteiger partial charge is 0.153 e. The minimum Gasteiger partial charge on any atom is -0.153 e. The lowest BCUT2D eigenvalue weighted by molar-refractivity contribution is -0.572. The molecule has 0 aliphatic carbocycles. The number of hydrogen-bond acceptors (Lipinski definition) is 0. The van der Waals surface area contributed by atoms with E-state index in [1.54, 1.807) is 0 Å². The highest BCUT2D eigenvalue weighted by atomic mass is 15.0. The van der Waals surface area contributed by atoms with Crippen LogP contribution in [0.2, 0.25) is 0 Å². The molecule has 0 fully saturated rings. The standard InChI is InChI=1S/C54H42N2/c1-39-23-31-49(32-24-39)55-51(43-15-7-3-8-16-43)35-47(36-52(55)44-17-9-4-10-18-44)41-27-29-42(30-28-41)48-37-53(45-19-11-5-12-20-45)56(50-33-25-40(2)26-34-50)54(38-48)46-21-13-6-14-22-46/h3-38H,1-2H3/q+2. The van der Waals surface area contributed by atoms with Crippen LogP contribution < -0.4 is 9.13 Å². The lowest BCUT2D eigenvalue weighted by Crippen LogP contribution is -2.36. The summed E-state index contributed by atoms with van der Waals surface area (Å²) in [6.45, 7) is 4.28.